The number of para-hydroxylation sites is 1. The van der Waals surface area contributed by atoms with Gasteiger partial charge in [-0.05, 0) is 19.1 Å². The quantitative estimate of drug-likeness (QED) is 0.757. The molecular weight excluding hydrogens is 176 g/mol. The molecule has 1 atom stereocenters. The molecule has 0 aliphatic heterocycles. The lowest BCUT2D eigenvalue weighted by atomic mass is 10.1. The number of hydrogen-bond donors (Lipinski definition) is 2. The first-order valence-corrected chi connectivity index (χ1v) is 4.38. The molecular formula is C11H14N2O. The van der Waals surface area contributed by atoms with Crippen molar-refractivity contribution in [1.29, 1.82) is 0 Å². The maximum atomic E-state index is 10.9. The number of ketones is 1. The molecule has 1 aromatic rings. The zero-order valence-corrected chi connectivity index (χ0v) is 8.16. The molecule has 14 heavy (non-hydrogen) atoms. The van der Waals surface area contributed by atoms with E-state index in [1.165, 1.54) is 6.92 Å². The number of anilines is 1. The smallest absolute Gasteiger partial charge is 0.152 e. The zero-order chi connectivity index (χ0) is 10.6. The Morgan fingerprint density at radius 2 is 2.00 bits per heavy atom. The lowest BCUT2D eigenvalue weighted by Crippen LogP contribution is -2.33. The highest BCUT2D eigenvalue weighted by molar-refractivity contribution is 5.85. The standard InChI is InChI=1S/C11H14N2O/c1-8(11(12)9(2)14)13-10-6-4-3-5-7-10/h3-7,11,13H,1,12H2,2H3. The molecule has 1 rings (SSSR count). The minimum Gasteiger partial charge on any atom is -0.358 e. The van der Waals surface area contributed by atoms with Crippen LogP contribution in [-0.2, 0) is 4.79 Å². The van der Waals surface area contributed by atoms with Crippen molar-refractivity contribution in [2.45, 2.75) is 13.0 Å². The molecule has 1 aromatic carbocycles. The maximum absolute atomic E-state index is 10.9. The summed E-state index contributed by atoms with van der Waals surface area (Å²) in [6, 6.07) is 8.84. The van der Waals surface area contributed by atoms with Crippen LogP contribution < -0.4 is 11.1 Å². The van der Waals surface area contributed by atoms with Crippen molar-refractivity contribution < 1.29 is 4.79 Å². The van der Waals surface area contributed by atoms with Gasteiger partial charge in [-0.2, -0.15) is 0 Å². The maximum Gasteiger partial charge on any atom is 0.152 e. The molecule has 0 amide bonds. The summed E-state index contributed by atoms with van der Waals surface area (Å²) in [7, 11) is 0. The van der Waals surface area contributed by atoms with E-state index < -0.39 is 6.04 Å². The fourth-order valence-electron chi connectivity index (χ4n) is 1.03. The van der Waals surface area contributed by atoms with Crippen molar-refractivity contribution in [2.75, 3.05) is 5.32 Å². The monoisotopic (exact) mass is 190 g/mol. The third-order valence-corrected chi connectivity index (χ3v) is 1.89. The molecule has 1 unspecified atom stereocenters. The molecule has 0 spiro atoms. The molecule has 0 saturated heterocycles. The molecule has 0 fully saturated rings. The van der Waals surface area contributed by atoms with Gasteiger partial charge in [0.05, 0.1) is 0 Å². The Kier molecular flexibility index (Phi) is 3.42. The molecule has 74 valence electrons. The number of hydrogen-bond acceptors (Lipinski definition) is 3. The summed E-state index contributed by atoms with van der Waals surface area (Å²) in [5, 5.41) is 2.98. The van der Waals surface area contributed by atoms with E-state index in [1.54, 1.807) is 0 Å². The Bertz CT molecular complexity index is 332. The fraction of sp³-hybridized carbons (Fsp3) is 0.182. The highest BCUT2D eigenvalue weighted by atomic mass is 16.1. The summed E-state index contributed by atoms with van der Waals surface area (Å²) in [6.07, 6.45) is 0. The van der Waals surface area contributed by atoms with Crippen LogP contribution in [0.25, 0.3) is 0 Å². The van der Waals surface area contributed by atoms with Crippen LogP contribution in [0.4, 0.5) is 5.69 Å². The van der Waals surface area contributed by atoms with E-state index in [9.17, 15) is 4.79 Å². The Morgan fingerprint density at radius 3 is 2.50 bits per heavy atom. The molecule has 0 saturated carbocycles. The normalized spacial score (nSPS) is 11.9. The van der Waals surface area contributed by atoms with Gasteiger partial charge >= 0.3 is 0 Å². The number of carbonyl (C=O) groups excluding carboxylic acids is 1. The molecule has 0 heterocycles. The van der Waals surface area contributed by atoms with Crippen LogP contribution in [0.2, 0.25) is 0 Å². The van der Waals surface area contributed by atoms with Crippen molar-refractivity contribution in [3.05, 3.63) is 42.6 Å². The summed E-state index contributed by atoms with van der Waals surface area (Å²) < 4.78 is 0. The van der Waals surface area contributed by atoms with Crippen LogP contribution in [0.3, 0.4) is 0 Å². The Morgan fingerprint density at radius 1 is 1.43 bits per heavy atom. The van der Waals surface area contributed by atoms with E-state index in [0.29, 0.717) is 5.70 Å². The Labute approximate surface area is 83.6 Å². The van der Waals surface area contributed by atoms with Gasteiger partial charge in [-0.15, -0.1) is 0 Å². The van der Waals surface area contributed by atoms with E-state index in [-0.39, 0.29) is 5.78 Å². The molecule has 3 nitrogen and oxygen atoms in total. The predicted octanol–water partition coefficient (Wildman–Crippen LogP) is 1.53. The van der Waals surface area contributed by atoms with Gasteiger partial charge in [0.15, 0.2) is 5.78 Å². The Hall–Kier alpha value is -1.61. The van der Waals surface area contributed by atoms with Crippen LogP contribution in [0.1, 0.15) is 6.92 Å². The fourth-order valence-corrected chi connectivity index (χ4v) is 1.03. The topological polar surface area (TPSA) is 55.1 Å². The van der Waals surface area contributed by atoms with Crippen LogP contribution >= 0.6 is 0 Å². The zero-order valence-electron chi connectivity index (χ0n) is 8.16. The van der Waals surface area contributed by atoms with Gasteiger partial charge in [0.25, 0.3) is 0 Å². The second-order valence-electron chi connectivity index (χ2n) is 3.10. The predicted molar refractivity (Wildman–Crippen MR) is 57.9 cm³/mol. The SMILES string of the molecule is C=C(Nc1ccccc1)C(N)C(C)=O. The summed E-state index contributed by atoms with van der Waals surface area (Å²) in [5.74, 6) is -0.0987. The van der Waals surface area contributed by atoms with Crippen molar-refractivity contribution in [1.82, 2.24) is 0 Å². The third kappa shape index (κ3) is 2.71. The number of rotatable bonds is 4. The van der Waals surface area contributed by atoms with Gasteiger partial charge in [0.1, 0.15) is 6.04 Å². The number of nitrogens with one attached hydrogen (secondary N) is 1. The van der Waals surface area contributed by atoms with Crippen LogP contribution in [0.5, 0.6) is 0 Å². The second kappa shape index (κ2) is 4.58. The average molecular weight is 190 g/mol. The van der Waals surface area contributed by atoms with Crippen molar-refractivity contribution >= 4 is 11.5 Å². The van der Waals surface area contributed by atoms with Gasteiger partial charge in [0.2, 0.25) is 0 Å². The van der Waals surface area contributed by atoms with E-state index in [4.69, 9.17) is 5.73 Å². The third-order valence-electron chi connectivity index (χ3n) is 1.89. The highest BCUT2D eigenvalue weighted by Crippen LogP contribution is 2.09. The van der Waals surface area contributed by atoms with E-state index in [0.717, 1.165) is 5.69 Å². The summed E-state index contributed by atoms with van der Waals surface area (Å²) in [6.45, 7) is 5.16. The second-order valence-corrected chi connectivity index (χ2v) is 3.10. The summed E-state index contributed by atoms with van der Waals surface area (Å²) in [5.41, 5.74) is 7.00. The number of benzene rings is 1. The molecule has 3 N–H and O–H groups in total. The largest absolute Gasteiger partial charge is 0.358 e. The number of carbonyl (C=O) groups is 1. The van der Waals surface area contributed by atoms with Gasteiger partial charge in [-0.25, -0.2) is 0 Å². The first-order valence-electron chi connectivity index (χ1n) is 4.38. The Balaban J connectivity index is 2.62. The van der Waals surface area contributed by atoms with Gasteiger partial charge in [-0.3, -0.25) is 4.79 Å². The van der Waals surface area contributed by atoms with Gasteiger partial charge < -0.3 is 11.1 Å². The first kappa shape index (κ1) is 10.5. The number of Topliss-reactive ketones (excluding diaryl/α,β-unsaturated/α-hetero) is 1. The van der Waals surface area contributed by atoms with E-state index >= 15 is 0 Å². The van der Waals surface area contributed by atoms with Crippen molar-refractivity contribution in [3.8, 4) is 0 Å². The molecule has 3 heteroatoms. The van der Waals surface area contributed by atoms with Crippen LogP contribution in [-0.4, -0.2) is 11.8 Å². The minimum absolute atomic E-state index is 0.0987. The van der Waals surface area contributed by atoms with Crippen LogP contribution in [0.15, 0.2) is 42.6 Å². The lowest BCUT2D eigenvalue weighted by molar-refractivity contribution is -0.117. The van der Waals surface area contributed by atoms with Gasteiger partial charge in [-0.1, -0.05) is 24.8 Å². The lowest BCUT2D eigenvalue weighted by Gasteiger charge is -2.13. The molecule has 0 aromatic heterocycles. The first-order chi connectivity index (χ1) is 6.61. The summed E-state index contributed by atoms with van der Waals surface area (Å²) >= 11 is 0. The highest BCUT2D eigenvalue weighted by Gasteiger charge is 2.11. The molecule has 0 aliphatic carbocycles. The average Bonchev–Trinajstić information content (AvgIpc) is 2.18. The molecule has 0 aliphatic rings. The number of nitrogens with two attached hydrogens (primary N) is 1. The summed E-state index contributed by atoms with van der Waals surface area (Å²) in [4.78, 5) is 10.9. The van der Waals surface area contributed by atoms with Crippen molar-refractivity contribution in [2.24, 2.45) is 5.73 Å². The van der Waals surface area contributed by atoms with Gasteiger partial charge in [0, 0.05) is 11.4 Å². The van der Waals surface area contributed by atoms with E-state index in [2.05, 4.69) is 11.9 Å². The molecule has 0 radical (unpaired) electrons. The minimum atomic E-state index is -0.643. The van der Waals surface area contributed by atoms with E-state index in [1.807, 2.05) is 30.3 Å². The van der Waals surface area contributed by atoms with Crippen LogP contribution in [0, 0.1) is 0 Å². The molecule has 0 bridgehead atoms. The van der Waals surface area contributed by atoms with Crippen molar-refractivity contribution in [3.63, 3.8) is 0 Å².